The Hall–Kier alpha value is -3.56. The Balaban J connectivity index is 1.70. The molecule has 1 atom stereocenters. The van der Waals surface area contributed by atoms with Crippen molar-refractivity contribution in [3.63, 3.8) is 0 Å². The minimum Gasteiger partial charge on any atom is -0.347 e. The molecule has 1 heterocycles. The first kappa shape index (κ1) is 25.5. The largest absolute Gasteiger partial charge is 0.416 e. The summed E-state index contributed by atoms with van der Waals surface area (Å²) in [5, 5.41) is 12.2. The molecule has 0 aliphatic carbocycles. The van der Waals surface area contributed by atoms with Crippen LogP contribution >= 0.6 is 11.3 Å². The van der Waals surface area contributed by atoms with E-state index in [-0.39, 0.29) is 5.91 Å². The predicted molar refractivity (Wildman–Crippen MR) is 135 cm³/mol. The average molecular weight is 511 g/mol. The molecule has 3 N–H and O–H groups in total. The number of amides is 1. The predicted octanol–water partition coefficient (Wildman–Crippen LogP) is 6.08. The second kappa shape index (κ2) is 10.6. The number of nitrogens with one attached hydrogen (secondary N) is 1. The van der Waals surface area contributed by atoms with Crippen molar-refractivity contribution in [1.29, 1.82) is 0 Å². The van der Waals surface area contributed by atoms with Gasteiger partial charge in [0.15, 0.2) is 0 Å². The van der Waals surface area contributed by atoms with E-state index >= 15 is 0 Å². The van der Waals surface area contributed by atoms with E-state index in [0.717, 1.165) is 40.2 Å². The summed E-state index contributed by atoms with van der Waals surface area (Å²) in [6.45, 7) is 3.76. The molecule has 0 aliphatic rings. The fourth-order valence-electron chi connectivity index (χ4n) is 3.81. The minimum absolute atomic E-state index is 0.240. The third-order valence-electron chi connectivity index (χ3n) is 5.71. The van der Waals surface area contributed by atoms with Crippen molar-refractivity contribution < 1.29 is 18.0 Å². The van der Waals surface area contributed by atoms with Crippen LogP contribution in [0.2, 0.25) is 0 Å². The third-order valence-corrected chi connectivity index (χ3v) is 6.79. The molecule has 1 amide bonds. The molecule has 3 aromatic carbocycles. The lowest BCUT2D eigenvalue weighted by molar-refractivity contribution is -0.137. The Kier molecular flexibility index (Phi) is 7.51. The number of hydrogen-bond donors (Lipinski definition) is 2. The fraction of sp³-hybridized carbons (Fsp3) is 0.222. The van der Waals surface area contributed by atoms with Gasteiger partial charge in [-0.3, -0.25) is 4.79 Å². The number of nitrogens with two attached hydrogens (primary N) is 1. The van der Waals surface area contributed by atoms with Crippen molar-refractivity contribution in [2.45, 2.75) is 39.0 Å². The average Bonchev–Trinajstić information content (AvgIpc) is 3.34. The molecule has 1 unspecified atom stereocenters. The van der Waals surface area contributed by atoms with Gasteiger partial charge in [0, 0.05) is 19.0 Å². The van der Waals surface area contributed by atoms with Crippen LogP contribution in [0.25, 0.3) is 21.7 Å². The van der Waals surface area contributed by atoms with Crippen LogP contribution in [0.15, 0.2) is 66.7 Å². The Morgan fingerprint density at radius 1 is 0.944 bits per heavy atom. The monoisotopic (exact) mass is 510 g/mol. The molecular formula is C27H25F3N4OS. The van der Waals surface area contributed by atoms with Crippen LogP contribution in [-0.2, 0) is 23.9 Å². The van der Waals surface area contributed by atoms with Gasteiger partial charge in [-0.05, 0) is 53.8 Å². The lowest BCUT2D eigenvalue weighted by Gasteiger charge is -2.15. The highest BCUT2D eigenvalue weighted by Gasteiger charge is 2.32. The van der Waals surface area contributed by atoms with Crippen molar-refractivity contribution in [3.8, 4) is 21.7 Å². The molecule has 0 radical (unpaired) electrons. The molecular weight excluding hydrogens is 485 g/mol. The Morgan fingerprint density at radius 2 is 1.58 bits per heavy atom. The molecule has 0 saturated heterocycles. The van der Waals surface area contributed by atoms with E-state index in [9.17, 15) is 18.0 Å². The normalized spacial score (nSPS) is 12.4. The van der Waals surface area contributed by atoms with Gasteiger partial charge in [-0.25, -0.2) is 0 Å². The molecule has 0 bridgehead atoms. The summed E-state index contributed by atoms with van der Waals surface area (Å²) in [5.41, 5.74) is 9.30. The van der Waals surface area contributed by atoms with E-state index in [1.54, 1.807) is 18.2 Å². The molecule has 36 heavy (non-hydrogen) atoms. The second-order valence-electron chi connectivity index (χ2n) is 8.59. The fourth-order valence-corrected chi connectivity index (χ4v) is 4.69. The summed E-state index contributed by atoms with van der Waals surface area (Å²) in [4.78, 5) is 11.9. The van der Waals surface area contributed by atoms with Crippen molar-refractivity contribution in [1.82, 2.24) is 15.5 Å². The number of carbonyl (C=O) groups excluding carboxylic acids is 1. The van der Waals surface area contributed by atoms with Gasteiger partial charge in [0.2, 0.25) is 5.91 Å². The van der Waals surface area contributed by atoms with Gasteiger partial charge in [0.25, 0.3) is 0 Å². The van der Waals surface area contributed by atoms with Crippen LogP contribution in [0, 0.1) is 6.92 Å². The van der Waals surface area contributed by atoms with Crippen LogP contribution in [-0.4, -0.2) is 16.1 Å². The highest BCUT2D eigenvalue weighted by atomic mass is 32.1. The number of carbonyl (C=O) groups is 1. The number of nitrogens with zero attached hydrogens (tertiary/aromatic N) is 2. The summed E-state index contributed by atoms with van der Waals surface area (Å²) in [7, 11) is 0. The zero-order chi connectivity index (χ0) is 25.9. The van der Waals surface area contributed by atoms with Crippen molar-refractivity contribution in [2.24, 2.45) is 5.73 Å². The standard InChI is InChI=1S/C27H25F3N4OS/c1-16-3-9-20(10-4-16)21-12-22(14-23(13-21)27(28,29)30)25-33-34-26(36-25)24(32-17(2)35)11-18-5-7-19(15-31)8-6-18/h3-10,12-14,24H,11,15,31H2,1-2H3,(H,32,35). The number of halogens is 3. The number of alkyl halides is 3. The molecule has 5 nitrogen and oxygen atoms in total. The van der Waals surface area contributed by atoms with Gasteiger partial charge in [0.05, 0.1) is 11.6 Å². The van der Waals surface area contributed by atoms with Gasteiger partial charge in [-0.1, -0.05) is 65.4 Å². The number of aromatic nitrogens is 2. The first-order chi connectivity index (χ1) is 17.1. The second-order valence-corrected chi connectivity index (χ2v) is 9.60. The molecule has 1 aromatic heterocycles. The quantitative estimate of drug-likeness (QED) is 0.316. The van der Waals surface area contributed by atoms with Crippen molar-refractivity contribution in [2.75, 3.05) is 0 Å². The van der Waals surface area contributed by atoms with Crippen LogP contribution in [0.1, 0.15) is 40.2 Å². The molecule has 4 aromatic rings. The topological polar surface area (TPSA) is 80.9 Å². The Bertz CT molecular complexity index is 1350. The van der Waals surface area contributed by atoms with E-state index < -0.39 is 17.8 Å². The van der Waals surface area contributed by atoms with Crippen LogP contribution in [0.4, 0.5) is 13.2 Å². The summed E-state index contributed by atoms with van der Waals surface area (Å²) in [6, 6.07) is 18.4. The van der Waals surface area contributed by atoms with E-state index in [0.29, 0.717) is 39.7 Å². The van der Waals surface area contributed by atoms with Gasteiger partial charge >= 0.3 is 6.18 Å². The maximum absolute atomic E-state index is 13.7. The van der Waals surface area contributed by atoms with E-state index in [1.807, 2.05) is 43.3 Å². The maximum atomic E-state index is 13.7. The van der Waals surface area contributed by atoms with Crippen LogP contribution in [0.3, 0.4) is 0 Å². The number of rotatable bonds is 7. The van der Waals surface area contributed by atoms with Gasteiger partial charge in [0.1, 0.15) is 10.0 Å². The van der Waals surface area contributed by atoms with Crippen molar-refractivity contribution >= 4 is 17.2 Å². The van der Waals surface area contributed by atoms with E-state index in [1.165, 1.54) is 6.92 Å². The molecule has 0 spiro atoms. The number of benzene rings is 3. The molecule has 9 heteroatoms. The van der Waals surface area contributed by atoms with E-state index in [2.05, 4.69) is 15.5 Å². The number of hydrogen-bond acceptors (Lipinski definition) is 5. The highest BCUT2D eigenvalue weighted by Crippen LogP contribution is 2.38. The smallest absolute Gasteiger partial charge is 0.347 e. The summed E-state index contributed by atoms with van der Waals surface area (Å²) in [6.07, 6.45) is -4.06. The highest BCUT2D eigenvalue weighted by molar-refractivity contribution is 7.14. The SMILES string of the molecule is CC(=O)NC(Cc1ccc(CN)cc1)c1nnc(-c2cc(-c3ccc(C)cc3)cc(C(F)(F)F)c2)s1. The first-order valence-electron chi connectivity index (χ1n) is 11.3. The zero-order valence-electron chi connectivity index (χ0n) is 19.8. The lowest BCUT2D eigenvalue weighted by Crippen LogP contribution is -2.27. The summed E-state index contributed by atoms with van der Waals surface area (Å²) >= 11 is 1.16. The van der Waals surface area contributed by atoms with Gasteiger partial charge in [-0.2, -0.15) is 13.2 Å². The molecule has 4 rings (SSSR count). The molecule has 186 valence electrons. The molecule has 0 saturated carbocycles. The number of aryl methyl sites for hydroxylation is 1. The maximum Gasteiger partial charge on any atom is 0.416 e. The minimum atomic E-state index is -4.52. The summed E-state index contributed by atoms with van der Waals surface area (Å²) in [5.74, 6) is -0.240. The Labute approximate surface area is 211 Å². The molecule has 0 fully saturated rings. The van der Waals surface area contributed by atoms with Gasteiger partial charge in [-0.15, -0.1) is 10.2 Å². The van der Waals surface area contributed by atoms with Crippen LogP contribution in [0.5, 0.6) is 0 Å². The lowest BCUT2D eigenvalue weighted by atomic mass is 9.99. The first-order valence-corrected chi connectivity index (χ1v) is 12.1. The van der Waals surface area contributed by atoms with Crippen molar-refractivity contribution in [3.05, 3.63) is 94.0 Å². The van der Waals surface area contributed by atoms with Gasteiger partial charge < -0.3 is 11.1 Å². The Morgan fingerprint density at radius 3 is 2.19 bits per heavy atom. The van der Waals surface area contributed by atoms with E-state index in [4.69, 9.17) is 5.73 Å². The molecule has 0 aliphatic heterocycles. The van der Waals surface area contributed by atoms with Crippen LogP contribution < -0.4 is 11.1 Å². The summed E-state index contributed by atoms with van der Waals surface area (Å²) < 4.78 is 41.2. The third kappa shape index (κ3) is 6.16. The zero-order valence-corrected chi connectivity index (χ0v) is 20.6.